The van der Waals surface area contributed by atoms with E-state index in [2.05, 4.69) is 15.0 Å². The van der Waals surface area contributed by atoms with Gasteiger partial charge in [-0.2, -0.15) is 5.26 Å². The van der Waals surface area contributed by atoms with E-state index in [1.807, 2.05) is 6.07 Å². The standard InChI is InChI=1S/C12H14N4O2/c1-18-11(17)10-4-2-3-9(7-10)5-6-15-12(14)16-8-13/h2-4,7H,5-6H2,1H3,(H3,14,15,16). The number of aliphatic imine (C=N–C) groups is 1. The number of benzene rings is 1. The van der Waals surface area contributed by atoms with Gasteiger partial charge in [0.15, 0.2) is 6.19 Å². The van der Waals surface area contributed by atoms with Gasteiger partial charge in [0.1, 0.15) is 0 Å². The quantitative estimate of drug-likeness (QED) is 0.263. The molecule has 0 heterocycles. The number of methoxy groups -OCH3 is 1. The summed E-state index contributed by atoms with van der Waals surface area (Å²) in [6, 6.07) is 7.09. The van der Waals surface area contributed by atoms with Crippen LogP contribution in [0.25, 0.3) is 0 Å². The molecule has 0 spiro atoms. The number of guanidine groups is 1. The summed E-state index contributed by atoms with van der Waals surface area (Å²) in [6.07, 6.45) is 2.30. The minimum absolute atomic E-state index is 0.0848. The van der Waals surface area contributed by atoms with Crippen molar-refractivity contribution in [2.24, 2.45) is 10.7 Å². The van der Waals surface area contributed by atoms with E-state index in [0.29, 0.717) is 18.5 Å². The summed E-state index contributed by atoms with van der Waals surface area (Å²) < 4.78 is 4.63. The fourth-order valence-corrected chi connectivity index (χ4v) is 1.37. The minimum Gasteiger partial charge on any atom is -0.465 e. The van der Waals surface area contributed by atoms with Crippen LogP contribution in [0, 0.1) is 11.5 Å². The molecule has 1 rings (SSSR count). The van der Waals surface area contributed by atoms with E-state index in [1.165, 1.54) is 7.11 Å². The van der Waals surface area contributed by atoms with Gasteiger partial charge < -0.3 is 10.5 Å². The molecule has 1 aromatic carbocycles. The molecule has 0 aliphatic rings. The van der Waals surface area contributed by atoms with E-state index in [0.717, 1.165) is 5.56 Å². The number of nitriles is 1. The first kappa shape index (κ1) is 13.5. The van der Waals surface area contributed by atoms with Gasteiger partial charge in [-0.05, 0) is 24.1 Å². The Bertz CT molecular complexity index is 491. The average Bonchev–Trinajstić information content (AvgIpc) is 2.38. The third-order valence-corrected chi connectivity index (χ3v) is 2.21. The summed E-state index contributed by atoms with van der Waals surface area (Å²) in [4.78, 5) is 15.3. The van der Waals surface area contributed by atoms with E-state index < -0.39 is 0 Å². The number of carbonyl (C=O) groups excluding carboxylic acids is 1. The van der Waals surface area contributed by atoms with Crippen LogP contribution in [0.2, 0.25) is 0 Å². The van der Waals surface area contributed by atoms with Crippen LogP contribution >= 0.6 is 0 Å². The summed E-state index contributed by atoms with van der Waals surface area (Å²) in [6.45, 7) is 0.436. The molecule has 0 unspecified atom stereocenters. The third-order valence-electron chi connectivity index (χ3n) is 2.21. The van der Waals surface area contributed by atoms with Gasteiger partial charge in [-0.15, -0.1) is 0 Å². The molecule has 0 amide bonds. The zero-order valence-electron chi connectivity index (χ0n) is 10.0. The molecule has 0 aliphatic heterocycles. The van der Waals surface area contributed by atoms with Crippen molar-refractivity contribution in [1.29, 1.82) is 5.26 Å². The number of ether oxygens (including phenoxy) is 1. The van der Waals surface area contributed by atoms with E-state index in [1.54, 1.807) is 24.4 Å². The molecule has 18 heavy (non-hydrogen) atoms. The molecule has 0 atom stereocenters. The van der Waals surface area contributed by atoms with Crippen molar-refractivity contribution in [2.75, 3.05) is 13.7 Å². The van der Waals surface area contributed by atoms with Crippen molar-refractivity contribution in [2.45, 2.75) is 6.42 Å². The number of esters is 1. The van der Waals surface area contributed by atoms with Gasteiger partial charge >= 0.3 is 5.97 Å². The van der Waals surface area contributed by atoms with Crippen LogP contribution < -0.4 is 11.1 Å². The van der Waals surface area contributed by atoms with Crippen LogP contribution in [0.1, 0.15) is 15.9 Å². The predicted molar refractivity (Wildman–Crippen MR) is 66.7 cm³/mol. The number of nitrogens with two attached hydrogens (primary N) is 1. The number of nitrogens with one attached hydrogen (secondary N) is 1. The van der Waals surface area contributed by atoms with Crippen molar-refractivity contribution < 1.29 is 9.53 Å². The van der Waals surface area contributed by atoms with Crippen LogP contribution in [0.5, 0.6) is 0 Å². The monoisotopic (exact) mass is 246 g/mol. The number of hydrogen-bond donors (Lipinski definition) is 2. The maximum absolute atomic E-state index is 11.3. The summed E-state index contributed by atoms with van der Waals surface area (Å²) in [7, 11) is 1.34. The van der Waals surface area contributed by atoms with Crippen LogP contribution in [-0.4, -0.2) is 25.6 Å². The van der Waals surface area contributed by atoms with E-state index in [9.17, 15) is 4.79 Å². The Hall–Kier alpha value is -2.55. The fraction of sp³-hybridized carbons (Fsp3) is 0.250. The average molecular weight is 246 g/mol. The molecular weight excluding hydrogens is 232 g/mol. The van der Waals surface area contributed by atoms with Gasteiger partial charge in [-0.25, -0.2) is 4.79 Å². The number of rotatable bonds is 4. The second-order valence-corrected chi connectivity index (χ2v) is 3.45. The second kappa shape index (κ2) is 6.91. The highest BCUT2D eigenvalue weighted by Crippen LogP contribution is 2.07. The Morgan fingerprint density at radius 1 is 1.61 bits per heavy atom. The van der Waals surface area contributed by atoms with E-state index in [4.69, 9.17) is 11.0 Å². The first-order valence-electron chi connectivity index (χ1n) is 5.29. The lowest BCUT2D eigenvalue weighted by Crippen LogP contribution is -2.27. The van der Waals surface area contributed by atoms with Crippen LogP contribution in [-0.2, 0) is 11.2 Å². The zero-order valence-corrected chi connectivity index (χ0v) is 10.0. The molecule has 94 valence electrons. The largest absolute Gasteiger partial charge is 0.465 e. The molecule has 0 aliphatic carbocycles. The van der Waals surface area contributed by atoms with Gasteiger partial charge in [0.05, 0.1) is 12.7 Å². The number of nitrogens with zero attached hydrogens (tertiary/aromatic N) is 2. The van der Waals surface area contributed by atoms with Crippen molar-refractivity contribution in [3.05, 3.63) is 35.4 Å². The Balaban J connectivity index is 2.61. The van der Waals surface area contributed by atoms with Crippen molar-refractivity contribution in [1.82, 2.24) is 5.32 Å². The molecule has 0 bridgehead atoms. The molecule has 0 fully saturated rings. The zero-order chi connectivity index (χ0) is 13.4. The smallest absolute Gasteiger partial charge is 0.337 e. The fourth-order valence-electron chi connectivity index (χ4n) is 1.37. The summed E-state index contributed by atoms with van der Waals surface area (Å²) in [5.74, 6) is -0.285. The molecule has 0 aromatic heterocycles. The number of hydrogen-bond acceptors (Lipinski definition) is 4. The highest BCUT2D eigenvalue weighted by molar-refractivity contribution is 5.89. The Morgan fingerprint density at radius 2 is 2.39 bits per heavy atom. The molecule has 0 saturated carbocycles. The molecule has 1 aromatic rings. The highest BCUT2D eigenvalue weighted by Gasteiger charge is 2.05. The maximum Gasteiger partial charge on any atom is 0.337 e. The van der Waals surface area contributed by atoms with Gasteiger partial charge in [-0.1, -0.05) is 12.1 Å². The second-order valence-electron chi connectivity index (χ2n) is 3.45. The predicted octanol–water partition coefficient (Wildman–Crippen LogP) is 0.401. The van der Waals surface area contributed by atoms with Crippen molar-refractivity contribution in [3.8, 4) is 6.19 Å². The first-order chi connectivity index (χ1) is 8.67. The Morgan fingerprint density at radius 3 is 3.06 bits per heavy atom. The number of carbonyl (C=O) groups is 1. The van der Waals surface area contributed by atoms with E-state index in [-0.39, 0.29) is 11.9 Å². The summed E-state index contributed by atoms with van der Waals surface area (Å²) in [5, 5.41) is 10.5. The van der Waals surface area contributed by atoms with Gasteiger partial charge in [0, 0.05) is 6.54 Å². The van der Waals surface area contributed by atoms with Crippen LogP contribution in [0.15, 0.2) is 29.3 Å². The molecule has 6 heteroatoms. The molecule has 0 radical (unpaired) electrons. The van der Waals surface area contributed by atoms with Crippen LogP contribution in [0.4, 0.5) is 0 Å². The van der Waals surface area contributed by atoms with Gasteiger partial charge in [0.25, 0.3) is 0 Å². The Labute approximate surface area is 105 Å². The lowest BCUT2D eigenvalue weighted by atomic mass is 10.1. The third kappa shape index (κ3) is 4.14. The normalized spacial score (nSPS) is 10.6. The maximum atomic E-state index is 11.3. The minimum atomic E-state index is -0.369. The van der Waals surface area contributed by atoms with Crippen molar-refractivity contribution >= 4 is 11.9 Å². The molecule has 0 saturated heterocycles. The highest BCUT2D eigenvalue weighted by atomic mass is 16.5. The molecule has 3 N–H and O–H groups in total. The molecule has 6 nitrogen and oxygen atoms in total. The van der Waals surface area contributed by atoms with Gasteiger partial charge in [-0.3, -0.25) is 10.3 Å². The topological polar surface area (TPSA) is 100 Å². The first-order valence-corrected chi connectivity index (χ1v) is 5.29. The lowest BCUT2D eigenvalue weighted by Gasteiger charge is -2.03. The Kier molecular flexibility index (Phi) is 5.19. The summed E-state index contributed by atoms with van der Waals surface area (Å²) >= 11 is 0. The molecular formula is C12H14N4O2. The van der Waals surface area contributed by atoms with Gasteiger partial charge in [0.2, 0.25) is 5.96 Å². The van der Waals surface area contributed by atoms with Crippen LogP contribution in [0.3, 0.4) is 0 Å². The van der Waals surface area contributed by atoms with Crippen molar-refractivity contribution in [3.63, 3.8) is 0 Å². The van der Waals surface area contributed by atoms with E-state index >= 15 is 0 Å². The summed E-state index contributed by atoms with van der Waals surface area (Å²) in [5.41, 5.74) is 6.84. The lowest BCUT2D eigenvalue weighted by molar-refractivity contribution is 0.0600. The SMILES string of the molecule is COC(=O)c1cccc(CCN=C(N)NC#N)c1.